The number of amides is 1. The van der Waals surface area contributed by atoms with Crippen molar-refractivity contribution >= 4 is 23.1 Å². The molecule has 2 N–H and O–H groups in total. The first kappa shape index (κ1) is 29.4. The lowest BCUT2D eigenvalue weighted by Crippen LogP contribution is -2.37. The van der Waals surface area contributed by atoms with Crippen molar-refractivity contribution in [3.05, 3.63) is 110 Å². The number of anilines is 1. The van der Waals surface area contributed by atoms with Gasteiger partial charge in [-0.3, -0.25) is 19.7 Å². The van der Waals surface area contributed by atoms with Gasteiger partial charge in [0.25, 0.3) is 11.6 Å². The average molecular weight is 584 g/mol. The van der Waals surface area contributed by atoms with E-state index < -0.39 is 16.7 Å². The molecule has 1 amide bonds. The highest BCUT2D eigenvalue weighted by Gasteiger charge is 2.41. The zero-order chi connectivity index (χ0) is 30.8. The number of aryl methyl sites for hydroxylation is 1. The van der Waals surface area contributed by atoms with Gasteiger partial charge in [-0.15, -0.1) is 0 Å². The van der Waals surface area contributed by atoms with E-state index in [0.717, 1.165) is 5.56 Å². The van der Waals surface area contributed by atoms with E-state index in [1.807, 2.05) is 18.2 Å². The number of hydrogen-bond donors (Lipinski definition) is 2. The fraction of sp³-hybridized carbons (Fsp3) is 0.273. The van der Waals surface area contributed by atoms with Gasteiger partial charge < -0.3 is 24.8 Å². The highest BCUT2D eigenvalue weighted by Crippen LogP contribution is 2.47. The van der Waals surface area contributed by atoms with Gasteiger partial charge in [0.2, 0.25) is 0 Å². The summed E-state index contributed by atoms with van der Waals surface area (Å²) in [5.74, 6) is 0.318. The van der Waals surface area contributed by atoms with Gasteiger partial charge in [0.05, 0.1) is 26.3 Å². The number of benzene rings is 3. The minimum atomic E-state index is -0.798. The van der Waals surface area contributed by atoms with Crippen LogP contribution in [0, 0.1) is 17.0 Å². The number of Topliss-reactive ketones (excluding diaryl/α,β-unsaturated/α-hetero) is 1. The topological polar surface area (TPSA) is 129 Å². The Bertz CT molecular complexity index is 1670. The minimum Gasteiger partial charge on any atom is -0.497 e. The Balaban J connectivity index is 1.58. The monoisotopic (exact) mass is 583 g/mol. The Labute approximate surface area is 249 Å². The molecular formula is C33H33N3O7. The molecule has 0 fully saturated rings. The minimum absolute atomic E-state index is 0.0720. The van der Waals surface area contributed by atoms with E-state index in [4.69, 9.17) is 14.2 Å². The number of dihydropyridines is 1. The molecule has 3 aromatic carbocycles. The van der Waals surface area contributed by atoms with E-state index in [2.05, 4.69) is 10.6 Å². The second kappa shape index (κ2) is 12.0. The van der Waals surface area contributed by atoms with Crippen LogP contribution in [0.5, 0.6) is 17.2 Å². The predicted octanol–water partition coefficient (Wildman–Crippen LogP) is 5.93. The lowest BCUT2D eigenvalue weighted by atomic mass is 9.71. The van der Waals surface area contributed by atoms with E-state index in [1.165, 1.54) is 6.07 Å². The van der Waals surface area contributed by atoms with E-state index in [9.17, 15) is 19.7 Å². The molecule has 1 aliphatic heterocycles. The second-order valence-corrected chi connectivity index (χ2v) is 10.6. The fourth-order valence-corrected chi connectivity index (χ4v) is 5.89. The summed E-state index contributed by atoms with van der Waals surface area (Å²) >= 11 is 0. The molecule has 0 saturated heterocycles. The number of carbonyl (C=O) groups is 2. The van der Waals surface area contributed by atoms with E-state index >= 15 is 0 Å². The highest BCUT2D eigenvalue weighted by molar-refractivity contribution is 6.10. The molecule has 222 valence electrons. The standard InChI is InChI=1S/C33H33N3O7/c1-18-6-7-21(15-26(18)36(39)40)31-30(33(38)35-23-9-11-24(41-3)12-10-23)19(2)34-25-14-22(16-27(37)32(25)31)20-8-13-28(42-4)29(17-20)43-5/h6-13,15,17,22,31,34H,14,16H2,1-5H3,(H,35,38). The van der Waals surface area contributed by atoms with Crippen LogP contribution in [0.25, 0.3) is 0 Å². The Kier molecular flexibility index (Phi) is 8.20. The normalized spacial score (nSPS) is 18.0. The van der Waals surface area contributed by atoms with Crippen LogP contribution < -0.4 is 24.8 Å². The first-order valence-corrected chi connectivity index (χ1v) is 13.8. The number of carbonyl (C=O) groups excluding carboxylic acids is 2. The summed E-state index contributed by atoms with van der Waals surface area (Å²) in [7, 11) is 4.69. The molecule has 2 unspecified atom stereocenters. The molecule has 1 aliphatic carbocycles. The Morgan fingerprint density at radius 1 is 0.907 bits per heavy atom. The van der Waals surface area contributed by atoms with E-state index in [1.54, 1.807) is 71.6 Å². The van der Waals surface area contributed by atoms with Crippen molar-refractivity contribution < 1.29 is 28.7 Å². The van der Waals surface area contributed by atoms with Crippen LogP contribution in [0.4, 0.5) is 11.4 Å². The number of ether oxygens (including phenoxy) is 3. The summed E-state index contributed by atoms with van der Waals surface area (Å²) in [5.41, 5.74) is 4.42. The molecule has 2 aliphatic rings. The lowest BCUT2D eigenvalue weighted by Gasteiger charge is -2.37. The molecule has 2 atom stereocenters. The first-order valence-electron chi connectivity index (χ1n) is 13.8. The fourth-order valence-electron chi connectivity index (χ4n) is 5.89. The molecule has 0 radical (unpaired) electrons. The third-order valence-corrected chi connectivity index (χ3v) is 8.06. The van der Waals surface area contributed by atoms with Crippen LogP contribution in [-0.2, 0) is 9.59 Å². The smallest absolute Gasteiger partial charge is 0.272 e. The Morgan fingerprint density at radius 3 is 2.26 bits per heavy atom. The van der Waals surface area contributed by atoms with Crippen LogP contribution in [0.15, 0.2) is 83.2 Å². The molecular weight excluding hydrogens is 550 g/mol. The number of nitro groups is 1. The summed E-state index contributed by atoms with van der Waals surface area (Å²) < 4.78 is 16.1. The molecule has 1 heterocycles. The number of nitro benzene ring substituents is 1. The molecule has 3 aromatic rings. The van der Waals surface area contributed by atoms with Crippen molar-refractivity contribution in [3.8, 4) is 17.2 Å². The maximum absolute atomic E-state index is 14.0. The van der Waals surface area contributed by atoms with Gasteiger partial charge in [0.1, 0.15) is 5.75 Å². The number of hydrogen-bond acceptors (Lipinski definition) is 8. The second-order valence-electron chi connectivity index (χ2n) is 10.6. The summed E-state index contributed by atoms with van der Waals surface area (Å²) in [5, 5.41) is 18.1. The number of allylic oxidation sites excluding steroid dienone is 3. The summed E-state index contributed by atoms with van der Waals surface area (Å²) in [6.45, 7) is 3.44. The third kappa shape index (κ3) is 5.68. The maximum atomic E-state index is 14.0. The largest absolute Gasteiger partial charge is 0.497 e. The van der Waals surface area contributed by atoms with Gasteiger partial charge in [-0.2, -0.15) is 0 Å². The molecule has 0 bridgehead atoms. The molecule has 43 heavy (non-hydrogen) atoms. The van der Waals surface area contributed by atoms with Gasteiger partial charge in [-0.1, -0.05) is 18.2 Å². The summed E-state index contributed by atoms with van der Waals surface area (Å²) in [4.78, 5) is 39.3. The van der Waals surface area contributed by atoms with Crippen molar-refractivity contribution in [1.29, 1.82) is 0 Å². The number of nitrogens with one attached hydrogen (secondary N) is 2. The zero-order valence-electron chi connectivity index (χ0n) is 24.6. The van der Waals surface area contributed by atoms with Crippen molar-refractivity contribution in [2.75, 3.05) is 26.6 Å². The van der Waals surface area contributed by atoms with Gasteiger partial charge in [0.15, 0.2) is 17.3 Å². The van der Waals surface area contributed by atoms with Crippen molar-refractivity contribution in [2.24, 2.45) is 0 Å². The van der Waals surface area contributed by atoms with Gasteiger partial charge >= 0.3 is 0 Å². The first-order chi connectivity index (χ1) is 20.6. The predicted molar refractivity (Wildman–Crippen MR) is 162 cm³/mol. The lowest BCUT2D eigenvalue weighted by molar-refractivity contribution is -0.385. The van der Waals surface area contributed by atoms with Crippen LogP contribution in [0.2, 0.25) is 0 Å². The molecule has 0 spiro atoms. The maximum Gasteiger partial charge on any atom is 0.272 e. The molecule has 5 rings (SSSR count). The van der Waals surface area contributed by atoms with Crippen LogP contribution >= 0.6 is 0 Å². The van der Waals surface area contributed by atoms with Gasteiger partial charge in [0, 0.05) is 52.2 Å². The highest BCUT2D eigenvalue weighted by atomic mass is 16.6. The van der Waals surface area contributed by atoms with Crippen LogP contribution in [0.3, 0.4) is 0 Å². The van der Waals surface area contributed by atoms with Crippen molar-refractivity contribution in [1.82, 2.24) is 5.32 Å². The van der Waals surface area contributed by atoms with Gasteiger partial charge in [-0.25, -0.2) is 0 Å². The zero-order valence-corrected chi connectivity index (χ0v) is 24.6. The quantitative estimate of drug-likeness (QED) is 0.247. The molecule has 0 aromatic heterocycles. The average Bonchev–Trinajstić information content (AvgIpc) is 3.00. The Hall–Kier alpha value is -5.12. The number of nitrogens with zero attached hydrogens (tertiary/aromatic N) is 1. The summed E-state index contributed by atoms with van der Waals surface area (Å²) in [6, 6.07) is 17.4. The van der Waals surface area contributed by atoms with Crippen molar-refractivity contribution in [3.63, 3.8) is 0 Å². The van der Waals surface area contributed by atoms with Crippen LogP contribution in [0.1, 0.15) is 48.3 Å². The number of ketones is 1. The van der Waals surface area contributed by atoms with Gasteiger partial charge in [-0.05, 0) is 73.7 Å². The molecule has 0 saturated carbocycles. The van der Waals surface area contributed by atoms with E-state index in [-0.39, 0.29) is 23.8 Å². The number of rotatable bonds is 8. The SMILES string of the molecule is COc1ccc(NC(=O)C2=C(C)NC3=C(C(=O)CC(c4ccc(OC)c(OC)c4)C3)C2c2ccc(C)c([N+](=O)[O-])c2)cc1. The number of methoxy groups -OCH3 is 3. The Morgan fingerprint density at radius 2 is 1.60 bits per heavy atom. The van der Waals surface area contributed by atoms with Crippen molar-refractivity contribution in [2.45, 2.75) is 38.5 Å². The molecule has 10 heteroatoms. The van der Waals surface area contributed by atoms with Crippen LogP contribution in [-0.4, -0.2) is 37.9 Å². The third-order valence-electron chi connectivity index (χ3n) is 8.06. The molecule has 10 nitrogen and oxygen atoms in total. The summed E-state index contributed by atoms with van der Waals surface area (Å²) in [6.07, 6.45) is 0.707. The van der Waals surface area contributed by atoms with E-state index in [0.29, 0.717) is 63.0 Å².